The van der Waals surface area contributed by atoms with Gasteiger partial charge in [-0.15, -0.1) is 0 Å². The number of aromatic nitrogens is 1. The normalized spacial score (nSPS) is 17.7. The van der Waals surface area contributed by atoms with Crippen LogP contribution in [0.3, 0.4) is 0 Å². The number of nitrogens with zero attached hydrogens (tertiary/aromatic N) is 3. The molecule has 0 spiro atoms. The van der Waals surface area contributed by atoms with Gasteiger partial charge in [-0.3, -0.25) is 4.79 Å². The number of amides is 1. The molecule has 1 atom stereocenters. The Labute approximate surface area is 107 Å². The fraction of sp³-hybridized carbons (Fsp3) is 0.538. The number of aliphatic hydroxyl groups excluding tert-OH is 1. The average Bonchev–Trinajstić information content (AvgIpc) is 2.39. The lowest BCUT2D eigenvalue weighted by Crippen LogP contribution is -2.48. The summed E-state index contributed by atoms with van der Waals surface area (Å²) in [4.78, 5) is 19.6. The molecule has 1 unspecified atom stereocenters. The molecule has 0 bridgehead atoms. The third-order valence-electron chi connectivity index (χ3n) is 3.30. The van der Waals surface area contributed by atoms with Crippen LogP contribution < -0.4 is 4.90 Å². The number of pyridine rings is 1. The molecule has 2 rings (SSSR count). The zero-order chi connectivity index (χ0) is 13.1. The average molecular weight is 249 g/mol. The van der Waals surface area contributed by atoms with Gasteiger partial charge in [0.2, 0.25) is 5.91 Å². The molecule has 1 aliphatic rings. The minimum absolute atomic E-state index is 0.125. The van der Waals surface area contributed by atoms with Gasteiger partial charge in [0.05, 0.1) is 6.10 Å². The van der Waals surface area contributed by atoms with E-state index in [0.29, 0.717) is 0 Å². The van der Waals surface area contributed by atoms with E-state index in [0.717, 1.165) is 37.6 Å². The second-order valence-electron chi connectivity index (χ2n) is 4.62. The van der Waals surface area contributed by atoms with Gasteiger partial charge in [0.15, 0.2) is 0 Å². The second kappa shape index (κ2) is 5.35. The Balaban J connectivity index is 2.05. The Morgan fingerprint density at radius 3 is 2.61 bits per heavy atom. The SMILES string of the molecule is CC(=O)N1CCN(c2cc(C(C)O)ccn2)CC1. The van der Waals surface area contributed by atoms with Crippen LogP contribution in [0.25, 0.3) is 0 Å². The number of hydrogen-bond donors (Lipinski definition) is 1. The van der Waals surface area contributed by atoms with Crippen molar-refractivity contribution in [1.29, 1.82) is 0 Å². The van der Waals surface area contributed by atoms with Gasteiger partial charge in [0, 0.05) is 39.3 Å². The van der Waals surface area contributed by atoms with Crippen LogP contribution in [0.5, 0.6) is 0 Å². The first-order valence-electron chi connectivity index (χ1n) is 6.22. The molecule has 1 aromatic rings. The first-order valence-corrected chi connectivity index (χ1v) is 6.22. The summed E-state index contributed by atoms with van der Waals surface area (Å²) in [5.41, 5.74) is 0.869. The zero-order valence-corrected chi connectivity index (χ0v) is 10.8. The first kappa shape index (κ1) is 12.8. The Kier molecular flexibility index (Phi) is 3.81. The lowest BCUT2D eigenvalue weighted by Gasteiger charge is -2.35. The topological polar surface area (TPSA) is 56.7 Å². The van der Waals surface area contributed by atoms with Crippen LogP contribution in [0.4, 0.5) is 5.82 Å². The quantitative estimate of drug-likeness (QED) is 0.842. The lowest BCUT2D eigenvalue weighted by atomic mass is 10.1. The molecule has 18 heavy (non-hydrogen) atoms. The maximum absolute atomic E-state index is 11.2. The summed E-state index contributed by atoms with van der Waals surface area (Å²) in [6.45, 7) is 6.38. The third kappa shape index (κ3) is 2.79. The number of carbonyl (C=O) groups is 1. The molecule has 0 saturated carbocycles. The van der Waals surface area contributed by atoms with E-state index in [1.54, 1.807) is 20.0 Å². The van der Waals surface area contributed by atoms with E-state index < -0.39 is 6.10 Å². The Hall–Kier alpha value is -1.62. The molecule has 98 valence electrons. The van der Waals surface area contributed by atoms with Crippen molar-refractivity contribution in [2.45, 2.75) is 20.0 Å². The number of piperazine rings is 1. The molecular weight excluding hydrogens is 230 g/mol. The fourth-order valence-electron chi connectivity index (χ4n) is 2.12. The highest BCUT2D eigenvalue weighted by Crippen LogP contribution is 2.19. The van der Waals surface area contributed by atoms with Gasteiger partial charge >= 0.3 is 0 Å². The largest absolute Gasteiger partial charge is 0.389 e. The van der Waals surface area contributed by atoms with Crippen LogP contribution in [0, 0.1) is 0 Å². The number of carbonyl (C=O) groups excluding carboxylic acids is 1. The van der Waals surface area contributed by atoms with Gasteiger partial charge in [-0.1, -0.05) is 0 Å². The zero-order valence-electron chi connectivity index (χ0n) is 10.8. The van der Waals surface area contributed by atoms with Crippen LogP contribution in [-0.2, 0) is 4.79 Å². The lowest BCUT2D eigenvalue weighted by molar-refractivity contribution is -0.129. The molecular formula is C13H19N3O2. The van der Waals surface area contributed by atoms with Gasteiger partial charge in [0.1, 0.15) is 5.82 Å². The molecule has 5 nitrogen and oxygen atoms in total. The van der Waals surface area contributed by atoms with E-state index in [1.165, 1.54) is 0 Å². The van der Waals surface area contributed by atoms with Crippen molar-refractivity contribution >= 4 is 11.7 Å². The predicted molar refractivity (Wildman–Crippen MR) is 69.3 cm³/mol. The molecule has 1 amide bonds. The number of anilines is 1. The second-order valence-corrected chi connectivity index (χ2v) is 4.62. The summed E-state index contributed by atoms with van der Waals surface area (Å²) in [7, 11) is 0. The maximum atomic E-state index is 11.2. The van der Waals surface area contributed by atoms with Gasteiger partial charge < -0.3 is 14.9 Å². The van der Waals surface area contributed by atoms with Crippen LogP contribution in [0.1, 0.15) is 25.5 Å². The molecule has 1 fully saturated rings. The molecule has 0 aliphatic carbocycles. The highest BCUT2D eigenvalue weighted by atomic mass is 16.3. The van der Waals surface area contributed by atoms with Crippen LogP contribution in [0.2, 0.25) is 0 Å². The van der Waals surface area contributed by atoms with E-state index in [4.69, 9.17) is 0 Å². The highest BCUT2D eigenvalue weighted by molar-refractivity contribution is 5.73. The fourth-order valence-corrected chi connectivity index (χ4v) is 2.12. The summed E-state index contributed by atoms with van der Waals surface area (Å²) < 4.78 is 0. The van der Waals surface area contributed by atoms with E-state index >= 15 is 0 Å². The molecule has 1 aliphatic heterocycles. The molecule has 0 aromatic carbocycles. The molecule has 1 saturated heterocycles. The van der Waals surface area contributed by atoms with Crippen LogP contribution in [0.15, 0.2) is 18.3 Å². The minimum atomic E-state index is -0.481. The summed E-state index contributed by atoms with van der Waals surface area (Å²) >= 11 is 0. The van der Waals surface area contributed by atoms with Gasteiger partial charge in [0.25, 0.3) is 0 Å². The van der Waals surface area contributed by atoms with E-state index in [9.17, 15) is 9.90 Å². The molecule has 1 N–H and O–H groups in total. The third-order valence-corrected chi connectivity index (χ3v) is 3.30. The summed E-state index contributed by atoms with van der Waals surface area (Å²) in [6.07, 6.45) is 1.24. The van der Waals surface area contributed by atoms with Crippen molar-refractivity contribution in [3.05, 3.63) is 23.9 Å². The van der Waals surface area contributed by atoms with Crippen LogP contribution >= 0.6 is 0 Å². The molecule has 5 heteroatoms. The van der Waals surface area contributed by atoms with Gasteiger partial charge in [-0.25, -0.2) is 4.98 Å². The standard InChI is InChI=1S/C13H19N3O2/c1-10(17)12-3-4-14-13(9-12)16-7-5-15(6-8-16)11(2)18/h3-4,9-10,17H,5-8H2,1-2H3. The molecule has 2 heterocycles. The van der Waals surface area contributed by atoms with E-state index in [-0.39, 0.29) is 5.91 Å². The Morgan fingerprint density at radius 2 is 2.06 bits per heavy atom. The number of rotatable bonds is 2. The van der Waals surface area contributed by atoms with E-state index in [1.807, 2.05) is 17.0 Å². The molecule has 0 radical (unpaired) electrons. The summed E-state index contributed by atoms with van der Waals surface area (Å²) in [6, 6.07) is 3.73. The van der Waals surface area contributed by atoms with Crippen LogP contribution in [-0.4, -0.2) is 47.1 Å². The summed E-state index contributed by atoms with van der Waals surface area (Å²) in [5, 5.41) is 9.56. The maximum Gasteiger partial charge on any atom is 0.219 e. The first-order chi connectivity index (χ1) is 8.58. The highest BCUT2D eigenvalue weighted by Gasteiger charge is 2.19. The van der Waals surface area contributed by atoms with Crippen molar-refractivity contribution in [3.8, 4) is 0 Å². The van der Waals surface area contributed by atoms with Gasteiger partial charge in [-0.2, -0.15) is 0 Å². The van der Waals surface area contributed by atoms with E-state index in [2.05, 4.69) is 9.88 Å². The van der Waals surface area contributed by atoms with Crippen molar-refractivity contribution < 1.29 is 9.90 Å². The van der Waals surface area contributed by atoms with Gasteiger partial charge in [-0.05, 0) is 24.6 Å². The van der Waals surface area contributed by atoms with Crippen molar-refractivity contribution in [2.24, 2.45) is 0 Å². The minimum Gasteiger partial charge on any atom is -0.389 e. The van der Waals surface area contributed by atoms with Crippen molar-refractivity contribution in [3.63, 3.8) is 0 Å². The smallest absolute Gasteiger partial charge is 0.219 e. The van der Waals surface area contributed by atoms with Crippen molar-refractivity contribution in [1.82, 2.24) is 9.88 Å². The Bertz CT molecular complexity index is 426. The Morgan fingerprint density at radius 1 is 1.39 bits per heavy atom. The summed E-state index contributed by atoms with van der Waals surface area (Å²) in [5.74, 6) is 0.997. The predicted octanol–water partition coefficient (Wildman–Crippen LogP) is 0.803. The molecule has 1 aromatic heterocycles. The number of hydrogen-bond acceptors (Lipinski definition) is 4. The monoisotopic (exact) mass is 249 g/mol. The van der Waals surface area contributed by atoms with Crippen molar-refractivity contribution in [2.75, 3.05) is 31.1 Å². The number of aliphatic hydroxyl groups is 1.